The van der Waals surface area contributed by atoms with Crippen molar-refractivity contribution in [2.45, 2.75) is 245 Å². The van der Waals surface area contributed by atoms with Gasteiger partial charge in [-0.15, -0.1) is 17.0 Å². The molecule has 0 spiro atoms. The van der Waals surface area contributed by atoms with Crippen molar-refractivity contribution in [2.24, 2.45) is 53.3 Å². The van der Waals surface area contributed by atoms with E-state index in [1.165, 1.54) is 36.8 Å². The van der Waals surface area contributed by atoms with E-state index in [0.29, 0.717) is 91.9 Å². The lowest BCUT2D eigenvalue weighted by Gasteiger charge is -2.35. The summed E-state index contributed by atoms with van der Waals surface area (Å²) in [6.45, 7) is 21.8. The number of carbonyl (C=O) groups is 3. The van der Waals surface area contributed by atoms with E-state index in [9.17, 15) is 79.2 Å². The summed E-state index contributed by atoms with van der Waals surface area (Å²) < 4.78 is 189. The fourth-order valence-corrected chi connectivity index (χ4v) is 19.2. The number of fused-ring (bicyclic) bond motifs is 3. The second kappa shape index (κ2) is 41.0. The van der Waals surface area contributed by atoms with Crippen molar-refractivity contribution in [2.75, 3.05) is 36.9 Å². The summed E-state index contributed by atoms with van der Waals surface area (Å²) in [5, 5.41) is 8.43. The van der Waals surface area contributed by atoms with E-state index < -0.39 is 65.8 Å². The van der Waals surface area contributed by atoms with E-state index in [2.05, 4.69) is 102 Å². The number of rotatable bonds is 24. The van der Waals surface area contributed by atoms with Crippen molar-refractivity contribution in [3.63, 3.8) is 0 Å². The van der Waals surface area contributed by atoms with Crippen molar-refractivity contribution in [1.29, 1.82) is 0 Å². The Morgan fingerprint density at radius 1 is 0.385 bits per heavy atom. The number of pyridine rings is 6. The van der Waals surface area contributed by atoms with Crippen LogP contribution in [0, 0.1) is 53.3 Å². The minimum atomic E-state index is -4.11. The van der Waals surface area contributed by atoms with Gasteiger partial charge in [0.1, 0.15) is 0 Å². The van der Waals surface area contributed by atoms with Crippen LogP contribution >= 0.6 is 17.0 Å². The third-order valence-corrected chi connectivity index (χ3v) is 28.3. The maximum atomic E-state index is 13.1. The van der Waals surface area contributed by atoms with Crippen molar-refractivity contribution in [3.05, 3.63) is 159 Å². The molecular weight excluding hydrogens is 1660 g/mol. The molecule has 12 rings (SSSR count). The molecule has 6 aromatic heterocycles. The molecule has 9 heterocycles. The molecule has 6 aromatic rings. The van der Waals surface area contributed by atoms with E-state index in [4.69, 9.17) is 0 Å². The molecule has 34 heteroatoms. The smallest absolute Gasteiger partial charge is 0.346 e. The Bertz CT molecular complexity index is 4200. The number of carbonyl (C=O) groups excluding carboxylic acids is 3. The quantitative estimate of drug-likeness (QED) is 0.0475. The first-order chi connectivity index (χ1) is 53.7. The third kappa shape index (κ3) is 24.8. The summed E-state index contributed by atoms with van der Waals surface area (Å²) in [5.41, 5.74) is 8.54. The molecule has 3 atom stereocenters. The number of aromatic nitrogens is 6. The van der Waals surface area contributed by atoms with E-state index in [-0.39, 0.29) is 193 Å². The first-order valence-electron chi connectivity index (χ1n) is 39.4. The minimum absolute atomic E-state index is 0. The number of amides is 3. The van der Waals surface area contributed by atoms with Gasteiger partial charge in [-0.2, -0.15) is 39.5 Å². The van der Waals surface area contributed by atoms with Gasteiger partial charge in [-0.25, -0.2) is 25.3 Å². The van der Waals surface area contributed by atoms with Crippen LogP contribution in [-0.4, -0.2) is 143 Å². The molecule has 0 aromatic carbocycles. The van der Waals surface area contributed by atoms with Crippen LogP contribution in [0.2, 0.25) is 0 Å². The second-order valence-electron chi connectivity index (χ2n) is 32.2. The van der Waals surface area contributed by atoms with Gasteiger partial charge in [0.15, 0.2) is 29.5 Å². The average Bonchev–Trinajstić information content (AvgIpc) is 1.64. The van der Waals surface area contributed by atoms with Gasteiger partial charge in [-0.3, -0.25) is 59.0 Å². The summed E-state index contributed by atoms with van der Waals surface area (Å²) in [6.07, 6.45) is 0.837. The van der Waals surface area contributed by atoms with Crippen LogP contribution in [0.25, 0.3) is 0 Å². The van der Waals surface area contributed by atoms with Gasteiger partial charge in [0.25, 0.3) is 17.7 Å². The van der Waals surface area contributed by atoms with Crippen molar-refractivity contribution in [3.8, 4) is 0 Å². The van der Waals surface area contributed by atoms with Crippen LogP contribution in [0.15, 0.2) is 106 Å². The van der Waals surface area contributed by atoms with Crippen LogP contribution in [0.3, 0.4) is 0 Å². The fourth-order valence-electron chi connectivity index (χ4n) is 16.8. The SMILES string of the molecule is Br.C.C.CCS(=O)(=O)c1ccc(CNC(=O)c2cnc3c(c2)CN(CC2CCC(C(F)(F)F)CC2)[C@H]3C(C)C)nc1.CCS(=O)(=O)c1ccc(CNC(=O)c2cnc3c(c2)CN(CC2CCC(C(F)(F)F)CC2)[C@H]3C(C)C)nc1.CCS(=O)(=O)c1ccc(CNC(=O)c2cnc3c(c2)CN(CC2CCC(C(F)(F)F)CC2)[C@H]3C(C)C)nc1. The molecule has 3 fully saturated rings. The van der Waals surface area contributed by atoms with Crippen LogP contribution in [0.4, 0.5) is 39.5 Å². The highest BCUT2D eigenvalue weighted by Crippen LogP contribution is 2.47. The molecule has 3 saturated carbocycles. The van der Waals surface area contributed by atoms with Crippen LogP contribution in [0.5, 0.6) is 0 Å². The molecule has 0 saturated heterocycles. The highest BCUT2D eigenvalue weighted by Gasteiger charge is 2.47. The predicted molar refractivity (Wildman–Crippen MR) is 434 cm³/mol. The van der Waals surface area contributed by atoms with Gasteiger partial charge >= 0.3 is 18.5 Å². The summed E-state index contributed by atoms with van der Waals surface area (Å²) in [4.78, 5) is 72.2. The summed E-state index contributed by atoms with van der Waals surface area (Å²) in [7, 11) is -10.0. The maximum Gasteiger partial charge on any atom is 0.391 e. The molecule has 3 amide bonds. The molecular formula is C83H114BrF9N12O9S3. The van der Waals surface area contributed by atoms with E-state index in [1.54, 1.807) is 57.6 Å². The Hall–Kier alpha value is -7.11. The molecule has 21 nitrogen and oxygen atoms in total. The second-order valence-corrected chi connectivity index (χ2v) is 39.0. The standard InChI is InChI=1S/3C27H35F3N4O3S.2CH4.BrH/c3*1-4-38(36,37)23-10-9-22(31-14-23)13-33-26(35)19-11-20-16-34(25(17(2)3)24(20)32-12-19)15-18-5-7-21(8-6-18)27(28,29)30;;;/h3*9-12,14,17-18,21,25H,4-8,13,15-16H2,1-3H3,(H,33,35);2*1H4;1H/t3*18?,21?,25-;;;/m000.../s1. The highest BCUT2D eigenvalue weighted by atomic mass is 79.9. The zero-order valence-electron chi connectivity index (χ0n) is 66.3. The van der Waals surface area contributed by atoms with E-state index >= 15 is 0 Å². The number of hydrogen-bond donors (Lipinski definition) is 3. The van der Waals surface area contributed by atoms with Crippen LogP contribution < -0.4 is 16.0 Å². The van der Waals surface area contributed by atoms with Crippen LogP contribution in [0.1, 0.15) is 254 Å². The van der Waals surface area contributed by atoms with Crippen molar-refractivity contribution < 1.29 is 79.2 Å². The highest BCUT2D eigenvalue weighted by molar-refractivity contribution is 8.93. The minimum Gasteiger partial charge on any atom is -0.346 e. The molecule has 6 aliphatic rings. The van der Waals surface area contributed by atoms with Crippen molar-refractivity contribution >= 4 is 64.2 Å². The Morgan fingerprint density at radius 2 is 0.615 bits per heavy atom. The van der Waals surface area contributed by atoms with Gasteiger partial charge in [-0.1, -0.05) is 77.2 Å². The lowest BCUT2D eigenvalue weighted by atomic mass is 9.81. The molecule has 3 N–H and O–H groups in total. The molecule has 117 heavy (non-hydrogen) atoms. The summed E-state index contributed by atoms with van der Waals surface area (Å²) in [5.74, 6) is -3.05. The van der Waals surface area contributed by atoms with E-state index in [1.807, 2.05) is 18.2 Å². The maximum absolute atomic E-state index is 13.1. The molecule has 3 aliphatic carbocycles. The lowest BCUT2D eigenvalue weighted by Crippen LogP contribution is -2.35. The normalized spacial score (nSPS) is 21.9. The molecule has 648 valence electrons. The Balaban J connectivity index is 0.000000239. The number of sulfone groups is 3. The first-order valence-corrected chi connectivity index (χ1v) is 44.4. The Labute approximate surface area is 694 Å². The average molecular weight is 1770 g/mol. The Kier molecular flexibility index (Phi) is 34.0. The summed E-state index contributed by atoms with van der Waals surface area (Å²) >= 11 is 0. The third-order valence-electron chi connectivity index (χ3n) is 23.1. The molecule has 0 unspecified atom stereocenters. The number of nitrogens with one attached hydrogen (secondary N) is 3. The number of halogens is 10. The fraction of sp³-hybridized carbons (Fsp3) is 0.602. The molecule has 0 bridgehead atoms. The zero-order valence-corrected chi connectivity index (χ0v) is 70.5. The predicted octanol–water partition coefficient (Wildman–Crippen LogP) is 17.1. The lowest BCUT2D eigenvalue weighted by molar-refractivity contribution is -0.185. The first kappa shape index (κ1) is 97.0. The van der Waals surface area contributed by atoms with Crippen molar-refractivity contribution in [1.82, 2.24) is 60.6 Å². The Morgan fingerprint density at radius 3 is 0.803 bits per heavy atom. The van der Waals surface area contributed by atoms with Gasteiger partial charge < -0.3 is 16.0 Å². The topological polar surface area (TPSA) is 277 Å². The largest absolute Gasteiger partial charge is 0.391 e. The number of nitrogens with zero attached hydrogens (tertiary/aromatic N) is 9. The summed E-state index contributed by atoms with van der Waals surface area (Å²) in [6, 6.07) is 14.9. The number of alkyl halides is 9. The molecule has 0 radical (unpaired) electrons. The van der Waals surface area contributed by atoms with Gasteiger partial charge in [0.2, 0.25) is 0 Å². The van der Waals surface area contributed by atoms with E-state index in [0.717, 1.165) is 53.4 Å². The monoisotopic (exact) mass is 1770 g/mol. The number of hydrogen-bond acceptors (Lipinski definition) is 18. The molecule has 3 aliphatic heterocycles. The zero-order chi connectivity index (χ0) is 83.0. The van der Waals surface area contributed by atoms with Gasteiger partial charge in [-0.05, 0) is 184 Å². The van der Waals surface area contributed by atoms with Gasteiger partial charge in [0.05, 0.1) is 138 Å². The van der Waals surface area contributed by atoms with Gasteiger partial charge in [0, 0.05) is 76.4 Å². The van der Waals surface area contributed by atoms with Crippen LogP contribution in [-0.2, 0) is 68.8 Å².